The van der Waals surface area contributed by atoms with Gasteiger partial charge in [0, 0.05) is 51.0 Å². The van der Waals surface area contributed by atoms with E-state index >= 15 is 0 Å². The molecule has 148 valence electrons. The van der Waals surface area contributed by atoms with Gasteiger partial charge < -0.3 is 15.0 Å². The van der Waals surface area contributed by atoms with Crippen molar-refractivity contribution in [3.05, 3.63) is 53.7 Å². The van der Waals surface area contributed by atoms with Gasteiger partial charge in [0.25, 0.3) is 5.91 Å². The number of pyridine rings is 1. The lowest BCUT2D eigenvalue weighted by Gasteiger charge is -2.36. The third-order valence-electron chi connectivity index (χ3n) is 5.88. The summed E-state index contributed by atoms with van der Waals surface area (Å²) in [5.74, 6) is 2.27. The number of piperidine rings is 1. The highest BCUT2D eigenvalue weighted by atomic mass is 16.5. The number of amides is 1. The fraction of sp³-hybridized carbons (Fsp3) is 0.455. The van der Waals surface area contributed by atoms with E-state index in [1.165, 1.54) is 12.0 Å². The van der Waals surface area contributed by atoms with Crippen molar-refractivity contribution in [2.75, 3.05) is 39.1 Å². The lowest BCUT2D eigenvalue weighted by molar-refractivity contribution is 0.0585. The molecule has 6 nitrogen and oxygen atoms in total. The van der Waals surface area contributed by atoms with E-state index in [1.807, 2.05) is 31.3 Å². The van der Waals surface area contributed by atoms with Crippen molar-refractivity contribution in [3.8, 4) is 5.75 Å². The van der Waals surface area contributed by atoms with Gasteiger partial charge in [0.1, 0.15) is 11.6 Å². The molecule has 2 aromatic rings. The van der Waals surface area contributed by atoms with Gasteiger partial charge in [-0.15, -0.1) is 0 Å². The molecule has 2 atom stereocenters. The molecule has 3 aliphatic heterocycles. The van der Waals surface area contributed by atoms with E-state index in [-0.39, 0.29) is 11.9 Å². The number of anilines is 1. The molecule has 0 saturated carbocycles. The number of carbonyl (C=O) groups excluding carboxylic acids is 1. The summed E-state index contributed by atoms with van der Waals surface area (Å²) in [4.78, 5) is 22.0. The third-order valence-corrected chi connectivity index (χ3v) is 5.88. The summed E-state index contributed by atoms with van der Waals surface area (Å²) >= 11 is 0. The molecule has 0 spiro atoms. The normalized spacial score (nSPS) is 22.0. The lowest BCUT2D eigenvalue weighted by Crippen LogP contribution is -2.47. The number of fused-ring (bicyclic) bond motifs is 4. The van der Waals surface area contributed by atoms with Crippen LogP contribution in [-0.2, 0) is 6.54 Å². The van der Waals surface area contributed by atoms with Gasteiger partial charge in [-0.1, -0.05) is 12.1 Å². The molecule has 3 aliphatic rings. The fourth-order valence-electron chi connectivity index (χ4n) is 4.41. The number of hydrogen-bond donors (Lipinski definition) is 1. The molecule has 1 N–H and O–H groups in total. The van der Waals surface area contributed by atoms with Crippen LogP contribution in [0.4, 0.5) is 5.82 Å². The topological polar surface area (TPSA) is 57.7 Å². The number of benzene rings is 1. The van der Waals surface area contributed by atoms with Crippen LogP contribution in [0.2, 0.25) is 0 Å². The van der Waals surface area contributed by atoms with Crippen molar-refractivity contribution in [3.63, 3.8) is 0 Å². The van der Waals surface area contributed by atoms with E-state index in [0.717, 1.165) is 44.2 Å². The molecular weight excluding hydrogens is 352 g/mol. The highest BCUT2D eigenvalue weighted by molar-refractivity contribution is 5.95. The monoisotopic (exact) mass is 380 g/mol. The molecule has 2 bridgehead atoms. The number of nitrogens with one attached hydrogen (secondary N) is 1. The Morgan fingerprint density at radius 1 is 1.18 bits per heavy atom. The van der Waals surface area contributed by atoms with Gasteiger partial charge >= 0.3 is 0 Å². The summed E-state index contributed by atoms with van der Waals surface area (Å²) in [7, 11) is 3.51. The molecular formula is C22H28N4O2. The number of rotatable bonds is 5. The van der Waals surface area contributed by atoms with E-state index in [9.17, 15) is 4.79 Å². The second-order valence-electron chi connectivity index (χ2n) is 7.78. The smallest absolute Gasteiger partial charge is 0.254 e. The molecule has 4 heterocycles. The minimum absolute atomic E-state index is 0.125. The lowest BCUT2D eigenvalue weighted by atomic mass is 9.94. The number of nitrogens with zero attached hydrogens (tertiary/aromatic N) is 3. The predicted octanol–water partition coefficient (Wildman–Crippen LogP) is 2.87. The highest BCUT2D eigenvalue weighted by Gasteiger charge is 2.37. The number of methoxy groups -OCH3 is 1. The zero-order chi connectivity index (χ0) is 19.5. The van der Waals surface area contributed by atoms with Gasteiger partial charge in [-0.3, -0.25) is 9.69 Å². The van der Waals surface area contributed by atoms with E-state index in [4.69, 9.17) is 4.74 Å². The van der Waals surface area contributed by atoms with Crippen molar-refractivity contribution in [1.29, 1.82) is 0 Å². The third kappa shape index (κ3) is 3.97. The van der Waals surface area contributed by atoms with Crippen LogP contribution in [0.5, 0.6) is 5.75 Å². The van der Waals surface area contributed by atoms with Crippen LogP contribution >= 0.6 is 0 Å². The van der Waals surface area contributed by atoms with Gasteiger partial charge in [0.05, 0.1) is 7.11 Å². The van der Waals surface area contributed by atoms with Crippen molar-refractivity contribution in [2.45, 2.75) is 25.4 Å². The van der Waals surface area contributed by atoms with Crippen LogP contribution in [0.15, 0.2) is 42.6 Å². The first-order chi connectivity index (χ1) is 13.7. The van der Waals surface area contributed by atoms with Crippen LogP contribution in [0.25, 0.3) is 0 Å². The minimum atomic E-state index is 0.125. The van der Waals surface area contributed by atoms with Gasteiger partial charge in [0.15, 0.2) is 0 Å². The summed E-state index contributed by atoms with van der Waals surface area (Å²) < 4.78 is 5.26. The Morgan fingerprint density at radius 3 is 2.75 bits per heavy atom. The summed E-state index contributed by atoms with van der Waals surface area (Å²) in [6.07, 6.45) is 3.98. The van der Waals surface area contributed by atoms with Crippen LogP contribution in [0.3, 0.4) is 0 Å². The molecule has 6 heteroatoms. The Balaban J connectivity index is 1.47. The first-order valence-electron chi connectivity index (χ1n) is 9.96. The number of ether oxygens (including phenoxy) is 1. The fourth-order valence-corrected chi connectivity index (χ4v) is 4.41. The standard InChI is InChI=1S/C22H28N4O2/c1-23-21-11-18(9-10-24-21)22(27)26-14-17-3-6-19(26)15-25(13-17)12-16-4-7-20(28-2)8-5-16/h4-5,7-11,17,19H,3,6,12-15H2,1-2H3,(H,23,24)/t17-,19+/m0/s1. The molecule has 3 fully saturated rings. The number of hydrogen-bond acceptors (Lipinski definition) is 5. The second kappa shape index (κ2) is 8.19. The second-order valence-corrected chi connectivity index (χ2v) is 7.78. The Bertz CT molecular complexity index is 824. The van der Waals surface area contributed by atoms with E-state index in [2.05, 4.69) is 32.2 Å². The molecule has 1 aromatic carbocycles. The molecule has 1 aromatic heterocycles. The Morgan fingerprint density at radius 2 is 2.00 bits per heavy atom. The van der Waals surface area contributed by atoms with Gasteiger partial charge in [-0.25, -0.2) is 4.98 Å². The van der Waals surface area contributed by atoms with Gasteiger partial charge in [-0.2, -0.15) is 0 Å². The quantitative estimate of drug-likeness (QED) is 0.864. The van der Waals surface area contributed by atoms with Crippen molar-refractivity contribution in [2.24, 2.45) is 5.92 Å². The molecule has 0 radical (unpaired) electrons. The SMILES string of the molecule is CNc1cc(C(=O)N2C[C@H]3CC[C@@H]2CN(Cc2ccc(OC)cc2)C3)ccn1. The first kappa shape index (κ1) is 18.7. The minimum Gasteiger partial charge on any atom is -0.497 e. The zero-order valence-electron chi connectivity index (χ0n) is 16.6. The maximum absolute atomic E-state index is 13.2. The summed E-state index contributed by atoms with van der Waals surface area (Å²) in [5.41, 5.74) is 2.00. The predicted molar refractivity (Wildman–Crippen MR) is 110 cm³/mol. The van der Waals surface area contributed by atoms with E-state index in [0.29, 0.717) is 11.5 Å². The zero-order valence-corrected chi connectivity index (χ0v) is 16.6. The molecule has 1 amide bonds. The number of carbonyl (C=O) groups is 1. The van der Waals surface area contributed by atoms with Crippen molar-refractivity contribution >= 4 is 11.7 Å². The van der Waals surface area contributed by atoms with Crippen molar-refractivity contribution < 1.29 is 9.53 Å². The van der Waals surface area contributed by atoms with E-state index in [1.54, 1.807) is 13.3 Å². The number of aromatic nitrogens is 1. The Hall–Kier alpha value is -2.60. The summed E-state index contributed by atoms with van der Waals surface area (Å²) in [5, 5.41) is 3.01. The Kier molecular flexibility index (Phi) is 5.48. The van der Waals surface area contributed by atoms with Gasteiger partial charge in [0.2, 0.25) is 0 Å². The van der Waals surface area contributed by atoms with Crippen LogP contribution < -0.4 is 10.1 Å². The van der Waals surface area contributed by atoms with Crippen molar-refractivity contribution in [1.82, 2.24) is 14.8 Å². The molecule has 0 aliphatic carbocycles. The summed E-state index contributed by atoms with van der Waals surface area (Å²) in [6, 6.07) is 12.2. The van der Waals surface area contributed by atoms with E-state index < -0.39 is 0 Å². The molecule has 0 unspecified atom stereocenters. The average Bonchev–Trinajstić information content (AvgIpc) is 3.04. The maximum atomic E-state index is 13.2. The van der Waals surface area contributed by atoms with Gasteiger partial charge in [-0.05, 0) is 48.6 Å². The first-order valence-corrected chi connectivity index (χ1v) is 9.96. The van der Waals surface area contributed by atoms with Crippen LogP contribution in [0.1, 0.15) is 28.8 Å². The van der Waals surface area contributed by atoms with Crippen LogP contribution in [-0.4, -0.2) is 60.5 Å². The Labute approximate surface area is 166 Å². The average molecular weight is 380 g/mol. The van der Waals surface area contributed by atoms with Crippen LogP contribution in [0, 0.1) is 5.92 Å². The molecule has 3 saturated heterocycles. The molecule has 28 heavy (non-hydrogen) atoms. The molecule has 5 rings (SSSR count). The maximum Gasteiger partial charge on any atom is 0.254 e. The largest absolute Gasteiger partial charge is 0.497 e. The highest BCUT2D eigenvalue weighted by Crippen LogP contribution is 2.30. The summed E-state index contributed by atoms with van der Waals surface area (Å²) in [6.45, 7) is 3.74.